The van der Waals surface area contributed by atoms with Crippen LogP contribution >= 0.6 is 33.2 Å². The highest BCUT2D eigenvalue weighted by atomic mass is 35.8. The quantitative estimate of drug-likeness (QED) is 0.180. The fourth-order valence-corrected chi connectivity index (χ4v) is 4.40. The Morgan fingerprint density at radius 3 is 1.67 bits per heavy atom. The summed E-state index contributed by atoms with van der Waals surface area (Å²) in [6, 6.07) is -1.78. The molecule has 0 bridgehead atoms. The van der Waals surface area contributed by atoms with E-state index in [1.807, 2.05) is 0 Å². The van der Waals surface area contributed by atoms with Crippen LogP contribution in [0, 0.1) is 5.92 Å². The summed E-state index contributed by atoms with van der Waals surface area (Å²) in [5.74, 6) is -2.67. The van der Waals surface area contributed by atoms with Crippen molar-refractivity contribution in [1.29, 1.82) is 0 Å². The van der Waals surface area contributed by atoms with E-state index in [1.165, 1.54) is 0 Å². The minimum absolute atomic E-state index is 0.0930. The van der Waals surface area contributed by atoms with Gasteiger partial charge in [-0.25, -0.2) is 0 Å². The van der Waals surface area contributed by atoms with Crippen molar-refractivity contribution < 1.29 is 23.1 Å². The van der Waals surface area contributed by atoms with Gasteiger partial charge in [0.05, 0.1) is 12.3 Å². The zero-order valence-electron chi connectivity index (χ0n) is 13.7. The maximum Gasteiger partial charge on any atom is 0.389 e. The van der Waals surface area contributed by atoms with Crippen molar-refractivity contribution in [3.05, 3.63) is 0 Å². The SMILES string of the molecule is O=C(O)C(CCCCCCCCCCC[Si](Cl)(Cl)Cl)CC(F)(F)F. The fraction of sp³-hybridized carbons (Fsp3) is 0.933. The number of carboxylic acid groups (broad SMARTS) is 1. The van der Waals surface area contributed by atoms with Gasteiger partial charge in [0.15, 0.2) is 0 Å². The number of carboxylic acids is 1. The van der Waals surface area contributed by atoms with Crippen LogP contribution in [0.3, 0.4) is 0 Å². The predicted octanol–water partition coefficient (Wildman–Crippen LogP) is 7.20. The van der Waals surface area contributed by atoms with Gasteiger partial charge in [0.25, 0.3) is 0 Å². The fourth-order valence-electron chi connectivity index (χ4n) is 2.55. The summed E-state index contributed by atoms with van der Waals surface area (Å²) in [5, 5.41) is 8.81. The number of alkyl halides is 3. The lowest BCUT2D eigenvalue weighted by Crippen LogP contribution is -2.22. The molecule has 0 amide bonds. The van der Waals surface area contributed by atoms with Gasteiger partial charge in [-0.3, -0.25) is 4.79 Å². The van der Waals surface area contributed by atoms with Gasteiger partial charge in [0, 0.05) is 0 Å². The summed E-state index contributed by atoms with van der Waals surface area (Å²) in [4.78, 5) is 10.8. The molecule has 2 nitrogen and oxygen atoms in total. The number of unbranched alkanes of at least 4 members (excludes halogenated alkanes) is 8. The molecule has 0 rings (SSSR count). The monoisotopic (exact) mass is 428 g/mol. The Labute approximate surface area is 157 Å². The Morgan fingerprint density at radius 2 is 1.29 bits per heavy atom. The summed E-state index contributed by atoms with van der Waals surface area (Å²) in [7, 11) is 0. The molecule has 0 aliphatic heterocycles. The summed E-state index contributed by atoms with van der Waals surface area (Å²) < 4.78 is 36.8. The number of aliphatic carboxylic acids is 1. The van der Waals surface area contributed by atoms with Crippen LogP contribution in [-0.2, 0) is 4.79 Å². The molecule has 9 heteroatoms. The summed E-state index contributed by atoms with van der Waals surface area (Å²) in [6.07, 6.45) is 2.98. The molecule has 0 aromatic carbocycles. The maximum atomic E-state index is 12.3. The summed E-state index contributed by atoms with van der Waals surface area (Å²) in [6.45, 7) is 0. The number of rotatable bonds is 14. The van der Waals surface area contributed by atoms with Gasteiger partial charge in [0.2, 0.25) is 0 Å². The lowest BCUT2D eigenvalue weighted by molar-refractivity contribution is -0.164. The van der Waals surface area contributed by atoms with E-state index in [0.29, 0.717) is 12.5 Å². The Bertz CT molecular complexity index is 350. The molecule has 24 heavy (non-hydrogen) atoms. The molecule has 0 aliphatic carbocycles. The van der Waals surface area contributed by atoms with Crippen molar-refractivity contribution in [2.24, 2.45) is 5.92 Å². The maximum absolute atomic E-state index is 12.3. The Morgan fingerprint density at radius 1 is 0.875 bits per heavy atom. The van der Waals surface area contributed by atoms with Crippen LogP contribution in [0.15, 0.2) is 0 Å². The molecular formula is C15H26Cl3F3O2Si. The molecule has 0 aromatic rings. The van der Waals surface area contributed by atoms with Gasteiger partial charge in [-0.05, 0) is 12.5 Å². The van der Waals surface area contributed by atoms with Gasteiger partial charge in [0.1, 0.15) is 0 Å². The molecule has 0 aliphatic rings. The van der Waals surface area contributed by atoms with Gasteiger partial charge >= 0.3 is 18.1 Å². The average molecular weight is 430 g/mol. The third-order valence-electron chi connectivity index (χ3n) is 3.84. The third kappa shape index (κ3) is 17.2. The summed E-state index contributed by atoms with van der Waals surface area (Å²) in [5.41, 5.74) is 0. The zero-order valence-corrected chi connectivity index (χ0v) is 17.0. The largest absolute Gasteiger partial charge is 0.481 e. The van der Waals surface area contributed by atoms with E-state index >= 15 is 0 Å². The van der Waals surface area contributed by atoms with Crippen molar-refractivity contribution >= 4 is 45.2 Å². The molecule has 0 radical (unpaired) electrons. The Kier molecular flexibility index (Phi) is 12.8. The topological polar surface area (TPSA) is 37.3 Å². The summed E-state index contributed by atoms with van der Waals surface area (Å²) >= 11 is 17.4. The molecule has 0 heterocycles. The van der Waals surface area contributed by atoms with Crippen LogP contribution in [-0.4, -0.2) is 23.3 Å². The predicted molar refractivity (Wildman–Crippen MR) is 96.1 cm³/mol. The minimum Gasteiger partial charge on any atom is -0.481 e. The van der Waals surface area contributed by atoms with E-state index in [-0.39, 0.29) is 6.42 Å². The molecule has 0 saturated heterocycles. The second kappa shape index (κ2) is 12.7. The number of carbonyl (C=O) groups is 1. The Hall–Kier alpha value is 0.347. The van der Waals surface area contributed by atoms with Crippen LogP contribution in [0.2, 0.25) is 6.04 Å². The molecule has 144 valence electrons. The van der Waals surface area contributed by atoms with Gasteiger partial charge in [-0.1, -0.05) is 57.8 Å². The van der Waals surface area contributed by atoms with Crippen molar-refractivity contribution in [1.82, 2.24) is 0 Å². The van der Waals surface area contributed by atoms with E-state index in [0.717, 1.165) is 51.4 Å². The van der Waals surface area contributed by atoms with Crippen molar-refractivity contribution in [3.63, 3.8) is 0 Å². The Balaban J connectivity index is 3.51. The second-order valence-corrected chi connectivity index (χ2v) is 15.5. The second-order valence-electron chi connectivity index (χ2n) is 6.19. The lowest BCUT2D eigenvalue weighted by atomic mass is 9.97. The molecule has 1 N–H and O–H groups in total. The average Bonchev–Trinajstić information content (AvgIpc) is 2.40. The highest BCUT2D eigenvalue weighted by molar-refractivity contribution is 7.64. The first-order valence-corrected chi connectivity index (χ1v) is 13.6. The van der Waals surface area contributed by atoms with E-state index in [2.05, 4.69) is 0 Å². The number of hydrogen-bond acceptors (Lipinski definition) is 1. The lowest BCUT2D eigenvalue weighted by Gasteiger charge is -2.14. The smallest absolute Gasteiger partial charge is 0.389 e. The highest BCUT2D eigenvalue weighted by Gasteiger charge is 2.34. The number of halogens is 6. The van der Waals surface area contributed by atoms with Crippen molar-refractivity contribution in [2.75, 3.05) is 0 Å². The van der Waals surface area contributed by atoms with E-state index < -0.39 is 30.5 Å². The molecular weight excluding hydrogens is 404 g/mol. The molecule has 1 unspecified atom stereocenters. The first-order chi connectivity index (χ1) is 11.0. The zero-order chi connectivity index (χ0) is 18.6. The van der Waals surface area contributed by atoms with Crippen LogP contribution < -0.4 is 0 Å². The number of hydrogen-bond donors (Lipinski definition) is 1. The minimum atomic E-state index is -4.42. The van der Waals surface area contributed by atoms with Gasteiger partial charge in [-0.2, -0.15) is 13.2 Å². The highest BCUT2D eigenvalue weighted by Crippen LogP contribution is 2.29. The standard InChI is InChI=1S/C15H26Cl3F3O2Si/c16-24(17,18)11-9-7-5-3-1-2-4-6-8-10-13(14(22)23)12-15(19,20)21/h13H,1-12H2,(H,22,23). The van der Waals surface area contributed by atoms with Gasteiger partial charge in [-0.15, -0.1) is 33.2 Å². The van der Waals surface area contributed by atoms with Crippen molar-refractivity contribution in [2.45, 2.75) is 82.8 Å². The normalized spacial score (nSPS) is 13.9. The third-order valence-corrected chi connectivity index (χ3v) is 6.46. The van der Waals surface area contributed by atoms with Gasteiger partial charge < -0.3 is 5.11 Å². The first kappa shape index (κ1) is 24.3. The molecule has 1 atom stereocenters. The van der Waals surface area contributed by atoms with Crippen LogP contribution in [0.5, 0.6) is 0 Å². The van der Waals surface area contributed by atoms with E-state index in [1.54, 1.807) is 0 Å². The van der Waals surface area contributed by atoms with Crippen LogP contribution in [0.1, 0.15) is 70.6 Å². The molecule has 0 saturated carbocycles. The van der Waals surface area contributed by atoms with Crippen molar-refractivity contribution in [3.8, 4) is 0 Å². The van der Waals surface area contributed by atoms with E-state index in [9.17, 15) is 18.0 Å². The molecule has 0 aromatic heterocycles. The first-order valence-electron chi connectivity index (χ1n) is 8.37. The van der Waals surface area contributed by atoms with E-state index in [4.69, 9.17) is 38.3 Å². The van der Waals surface area contributed by atoms with Crippen LogP contribution in [0.4, 0.5) is 13.2 Å². The molecule has 0 fully saturated rings. The van der Waals surface area contributed by atoms with Crippen LogP contribution in [0.25, 0.3) is 0 Å². The molecule has 0 spiro atoms.